The molecule has 0 saturated carbocycles. The Morgan fingerprint density at radius 1 is 1.40 bits per heavy atom. The van der Waals surface area contributed by atoms with Gasteiger partial charge in [-0.2, -0.15) is 0 Å². The lowest BCUT2D eigenvalue weighted by Gasteiger charge is -2.16. The number of hydrogen-bond acceptors (Lipinski definition) is 3. The van der Waals surface area contributed by atoms with Gasteiger partial charge in [-0.25, -0.2) is 4.98 Å². The van der Waals surface area contributed by atoms with Crippen LogP contribution in [0.15, 0.2) is 18.3 Å². The molecule has 0 spiro atoms. The molecule has 1 aliphatic heterocycles. The Morgan fingerprint density at radius 2 is 2.25 bits per heavy atom. The van der Waals surface area contributed by atoms with Crippen molar-refractivity contribution in [2.45, 2.75) is 39.5 Å². The predicted molar refractivity (Wildman–Crippen MR) is 81.9 cm³/mol. The van der Waals surface area contributed by atoms with Gasteiger partial charge in [-0.1, -0.05) is 20.3 Å². The van der Waals surface area contributed by atoms with Gasteiger partial charge in [0.1, 0.15) is 5.82 Å². The second-order valence-corrected chi connectivity index (χ2v) is 5.55. The molecule has 1 unspecified atom stereocenters. The Kier molecular flexibility index (Phi) is 5.39. The number of rotatable bonds is 6. The molecule has 1 N–H and O–H groups in total. The molecule has 0 aliphatic carbocycles. The first kappa shape index (κ1) is 14.8. The molecule has 1 fully saturated rings. The van der Waals surface area contributed by atoms with Gasteiger partial charge in [0, 0.05) is 25.8 Å². The van der Waals surface area contributed by atoms with Crippen molar-refractivity contribution in [1.82, 2.24) is 9.88 Å². The van der Waals surface area contributed by atoms with Crippen LogP contribution in [0.4, 0.5) is 5.82 Å². The van der Waals surface area contributed by atoms with E-state index in [2.05, 4.69) is 24.1 Å². The minimum atomic E-state index is 0.123. The molecule has 2 rings (SSSR count). The standard InChI is InChI=1S/C16H25N3O/c1-3-5-13-8-10-19(12-13)16(20)14-6-7-15(18-11-14)17-9-4-2/h6-7,11,13H,3-5,8-10,12H2,1-2H3,(H,17,18). The summed E-state index contributed by atoms with van der Waals surface area (Å²) in [5.41, 5.74) is 0.698. The molecular weight excluding hydrogens is 250 g/mol. The normalized spacial score (nSPS) is 18.3. The molecular formula is C16H25N3O. The number of carbonyl (C=O) groups excluding carboxylic acids is 1. The largest absolute Gasteiger partial charge is 0.370 e. The lowest BCUT2D eigenvalue weighted by molar-refractivity contribution is 0.0786. The van der Waals surface area contributed by atoms with Crippen molar-refractivity contribution in [2.75, 3.05) is 25.0 Å². The fourth-order valence-corrected chi connectivity index (χ4v) is 2.72. The quantitative estimate of drug-likeness (QED) is 0.867. The lowest BCUT2D eigenvalue weighted by atomic mass is 10.0. The number of carbonyl (C=O) groups is 1. The van der Waals surface area contributed by atoms with Gasteiger partial charge in [-0.15, -0.1) is 0 Å². The molecule has 0 bridgehead atoms. The number of nitrogens with one attached hydrogen (secondary N) is 1. The summed E-state index contributed by atoms with van der Waals surface area (Å²) in [5.74, 6) is 1.65. The predicted octanol–water partition coefficient (Wildman–Crippen LogP) is 3.17. The molecule has 0 radical (unpaired) electrons. The molecule has 2 heterocycles. The van der Waals surface area contributed by atoms with Gasteiger partial charge in [0.2, 0.25) is 0 Å². The van der Waals surface area contributed by atoms with Crippen molar-refractivity contribution in [3.05, 3.63) is 23.9 Å². The van der Waals surface area contributed by atoms with Crippen molar-refractivity contribution in [3.8, 4) is 0 Å². The van der Waals surface area contributed by atoms with E-state index >= 15 is 0 Å². The number of amides is 1. The van der Waals surface area contributed by atoms with Crippen molar-refractivity contribution < 1.29 is 4.79 Å². The Morgan fingerprint density at radius 3 is 2.90 bits per heavy atom. The zero-order chi connectivity index (χ0) is 14.4. The fraction of sp³-hybridized carbons (Fsp3) is 0.625. The van der Waals surface area contributed by atoms with Crippen LogP contribution in [-0.4, -0.2) is 35.4 Å². The van der Waals surface area contributed by atoms with Crippen molar-refractivity contribution in [3.63, 3.8) is 0 Å². The first-order valence-corrected chi connectivity index (χ1v) is 7.73. The number of aromatic nitrogens is 1. The first-order valence-electron chi connectivity index (χ1n) is 7.73. The smallest absolute Gasteiger partial charge is 0.255 e. The van der Waals surface area contributed by atoms with Crippen LogP contribution in [0.5, 0.6) is 0 Å². The fourth-order valence-electron chi connectivity index (χ4n) is 2.72. The van der Waals surface area contributed by atoms with E-state index in [1.165, 1.54) is 12.8 Å². The van der Waals surface area contributed by atoms with Gasteiger partial charge < -0.3 is 10.2 Å². The molecule has 110 valence electrons. The van der Waals surface area contributed by atoms with Gasteiger partial charge in [0.25, 0.3) is 5.91 Å². The third-order valence-corrected chi connectivity index (χ3v) is 3.84. The van der Waals surface area contributed by atoms with Gasteiger partial charge >= 0.3 is 0 Å². The Balaban J connectivity index is 1.92. The van der Waals surface area contributed by atoms with Crippen molar-refractivity contribution >= 4 is 11.7 Å². The zero-order valence-electron chi connectivity index (χ0n) is 12.6. The summed E-state index contributed by atoms with van der Waals surface area (Å²) in [6.45, 7) is 7.02. The molecule has 4 heteroatoms. The Hall–Kier alpha value is -1.58. The topological polar surface area (TPSA) is 45.2 Å². The van der Waals surface area contributed by atoms with Gasteiger partial charge in [-0.3, -0.25) is 4.79 Å². The van der Waals surface area contributed by atoms with Gasteiger partial charge in [0.05, 0.1) is 5.56 Å². The number of anilines is 1. The maximum Gasteiger partial charge on any atom is 0.255 e. The van der Waals surface area contributed by atoms with Crippen LogP contribution in [-0.2, 0) is 0 Å². The maximum atomic E-state index is 12.4. The third kappa shape index (κ3) is 3.71. The molecule has 1 aromatic heterocycles. The summed E-state index contributed by atoms with van der Waals surface area (Å²) in [7, 11) is 0. The van der Waals surface area contributed by atoms with Gasteiger partial charge in [0.15, 0.2) is 0 Å². The van der Waals surface area contributed by atoms with Crippen LogP contribution in [0.25, 0.3) is 0 Å². The second-order valence-electron chi connectivity index (χ2n) is 5.55. The van der Waals surface area contributed by atoms with E-state index in [0.717, 1.165) is 38.3 Å². The van der Waals surface area contributed by atoms with E-state index in [4.69, 9.17) is 0 Å². The highest BCUT2D eigenvalue weighted by molar-refractivity contribution is 5.94. The summed E-state index contributed by atoms with van der Waals surface area (Å²) in [6.07, 6.45) is 6.32. The van der Waals surface area contributed by atoms with Crippen molar-refractivity contribution in [1.29, 1.82) is 0 Å². The van der Waals surface area contributed by atoms with Crippen LogP contribution >= 0.6 is 0 Å². The average Bonchev–Trinajstić information content (AvgIpc) is 2.94. The van der Waals surface area contributed by atoms with Crippen LogP contribution in [0.1, 0.15) is 49.9 Å². The molecule has 1 amide bonds. The van der Waals surface area contributed by atoms with Crippen molar-refractivity contribution in [2.24, 2.45) is 5.92 Å². The van der Waals surface area contributed by atoms with Crippen LogP contribution in [0.2, 0.25) is 0 Å². The second kappa shape index (κ2) is 7.27. The lowest BCUT2D eigenvalue weighted by Crippen LogP contribution is -2.28. The summed E-state index contributed by atoms with van der Waals surface area (Å²) < 4.78 is 0. The SMILES string of the molecule is CCCNc1ccc(C(=O)N2CCC(CCC)C2)cn1. The average molecular weight is 275 g/mol. The summed E-state index contributed by atoms with van der Waals surface area (Å²) in [6, 6.07) is 3.77. The maximum absolute atomic E-state index is 12.4. The van der Waals surface area contributed by atoms with Crippen LogP contribution in [0.3, 0.4) is 0 Å². The van der Waals surface area contributed by atoms with E-state index in [0.29, 0.717) is 11.5 Å². The van der Waals surface area contributed by atoms with Gasteiger partial charge in [-0.05, 0) is 37.3 Å². The molecule has 20 heavy (non-hydrogen) atoms. The van der Waals surface area contributed by atoms with Crippen LogP contribution in [0, 0.1) is 5.92 Å². The zero-order valence-corrected chi connectivity index (χ0v) is 12.6. The van der Waals surface area contributed by atoms with E-state index in [-0.39, 0.29) is 5.91 Å². The number of hydrogen-bond donors (Lipinski definition) is 1. The molecule has 1 atom stereocenters. The number of likely N-dealkylation sites (tertiary alicyclic amines) is 1. The summed E-state index contributed by atoms with van der Waals surface area (Å²) in [5, 5.41) is 3.22. The van der Waals surface area contributed by atoms with E-state index in [1.807, 2.05) is 17.0 Å². The van der Waals surface area contributed by atoms with E-state index < -0.39 is 0 Å². The molecule has 4 nitrogen and oxygen atoms in total. The molecule has 0 aromatic carbocycles. The number of pyridine rings is 1. The number of nitrogens with zero attached hydrogens (tertiary/aromatic N) is 2. The minimum absolute atomic E-state index is 0.123. The highest BCUT2D eigenvalue weighted by Crippen LogP contribution is 2.22. The first-order chi connectivity index (χ1) is 9.74. The minimum Gasteiger partial charge on any atom is -0.370 e. The molecule has 1 aliphatic rings. The van der Waals surface area contributed by atoms with Crippen LogP contribution < -0.4 is 5.32 Å². The highest BCUT2D eigenvalue weighted by atomic mass is 16.2. The summed E-state index contributed by atoms with van der Waals surface area (Å²) in [4.78, 5) is 18.7. The molecule has 1 aromatic rings. The third-order valence-electron chi connectivity index (χ3n) is 3.84. The summed E-state index contributed by atoms with van der Waals surface area (Å²) >= 11 is 0. The monoisotopic (exact) mass is 275 g/mol. The Labute approximate surface area is 121 Å². The highest BCUT2D eigenvalue weighted by Gasteiger charge is 2.26. The van der Waals surface area contributed by atoms with E-state index in [9.17, 15) is 4.79 Å². The van der Waals surface area contributed by atoms with E-state index in [1.54, 1.807) is 6.20 Å². The molecule has 1 saturated heterocycles. The Bertz CT molecular complexity index is 430.